The average Bonchev–Trinajstić information content (AvgIpc) is 2.65. The van der Waals surface area contributed by atoms with E-state index >= 15 is 0 Å². The first-order valence-electron chi connectivity index (χ1n) is 5.42. The smallest absolute Gasteiger partial charge is 0.223 e. The zero-order valence-corrected chi connectivity index (χ0v) is 9.67. The normalized spacial score (nSPS) is 25.5. The van der Waals surface area contributed by atoms with Gasteiger partial charge in [-0.1, -0.05) is 6.42 Å². The van der Waals surface area contributed by atoms with Crippen LogP contribution in [0.5, 0.6) is 0 Å². The third-order valence-corrected chi connectivity index (χ3v) is 3.36. The van der Waals surface area contributed by atoms with Gasteiger partial charge in [0.1, 0.15) is 0 Å². The molecule has 0 bridgehead atoms. The van der Waals surface area contributed by atoms with Gasteiger partial charge in [0.05, 0.1) is 0 Å². The maximum atomic E-state index is 5.92. The molecule has 15 heavy (non-hydrogen) atoms. The molecule has 1 aromatic heterocycles. The minimum absolute atomic E-state index is 0.448. The number of aryl methyl sites for hydroxylation is 1. The van der Waals surface area contributed by atoms with Gasteiger partial charge in [0.15, 0.2) is 0 Å². The Labute approximate surface area is 95.3 Å². The highest BCUT2D eigenvalue weighted by atomic mass is 35.5. The first-order valence-corrected chi connectivity index (χ1v) is 5.95. The molecule has 1 aliphatic carbocycles. The maximum absolute atomic E-state index is 5.92. The molecular formula is C11H16ClN3. The van der Waals surface area contributed by atoms with Gasteiger partial charge < -0.3 is 5.32 Å². The van der Waals surface area contributed by atoms with E-state index in [-0.39, 0.29) is 0 Å². The van der Waals surface area contributed by atoms with Gasteiger partial charge in [-0.3, -0.25) is 0 Å². The van der Waals surface area contributed by atoms with Crippen molar-refractivity contribution < 1.29 is 0 Å². The van der Waals surface area contributed by atoms with Gasteiger partial charge in [0, 0.05) is 23.8 Å². The molecule has 2 rings (SSSR count). The Kier molecular flexibility index (Phi) is 3.41. The highest BCUT2D eigenvalue weighted by Gasteiger charge is 2.26. The summed E-state index contributed by atoms with van der Waals surface area (Å²) in [6.07, 6.45) is 5.43. The zero-order valence-electron chi connectivity index (χ0n) is 8.91. The number of nitrogens with zero attached hydrogens (tertiary/aromatic N) is 2. The number of hydrogen-bond donors (Lipinski definition) is 1. The van der Waals surface area contributed by atoms with Gasteiger partial charge in [0.25, 0.3) is 0 Å². The molecule has 0 aliphatic heterocycles. The monoisotopic (exact) mass is 225 g/mol. The Hall–Kier alpha value is -0.830. The van der Waals surface area contributed by atoms with Crippen molar-refractivity contribution in [3.05, 3.63) is 18.0 Å². The van der Waals surface area contributed by atoms with Crippen molar-refractivity contribution >= 4 is 17.5 Å². The van der Waals surface area contributed by atoms with Crippen LogP contribution in [-0.2, 0) is 0 Å². The van der Waals surface area contributed by atoms with Crippen molar-refractivity contribution in [2.75, 3.05) is 11.2 Å². The molecule has 1 aliphatic rings. The van der Waals surface area contributed by atoms with Crippen LogP contribution in [0.1, 0.15) is 25.0 Å². The quantitative estimate of drug-likeness (QED) is 0.804. The molecule has 0 aromatic carbocycles. The topological polar surface area (TPSA) is 37.8 Å². The molecule has 1 fully saturated rings. The van der Waals surface area contributed by atoms with Gasteiger partial charge in [-0.25, -0.2) is 9.97 Å². The second kappa shape index (κ2) is 4.79. The van der Waals surface area contributed by atoms with E-state index in [0.29, 0.717) is 12.0 Å². The molecular weight excluding hydrogens is 210 g/mol. The molecule has 1 aromatic rings. The van der Waals surface area contributed by atoms with Crippen LogP contribution in [0.4, 0.5) is 5.95 Å². The highest BCUT2D eigenvalue weighted by Crippen LogP contribution is 2.28. The number of aromatic nitrogens is 2. The van der Waals surface area contributed by atoms with Crippen molar-refractivity contribution in [3.63, 3.8) is 0 Å². The summed E-state index contributed by atoms with van der Waals surface area (Å²) in [6.45, 7) is 1.97. The summed E-state index contributed by atoms with van der Waals surface area (Å²) >= 11 is 5.92. The standard InChI is InChI=1S/C11H16ClN3/c1-8-5-6-13-11(14-8)15-10-4-2-3-9(10)7-12/h5-6,9-10H,2-4,7H2,1H3,(H,13,14,15). The number of hydrogen-bond acceptors (Lipinski definition) is 3. The van der Waals surface area contributed by atoms with Crippen LogP contribution < -0.4 is 5.32 Å². The second-order valence-electron chi connectivity index (χ2n) is 4.12. The van der Waals surface area contributed by atoms with Gasteiger partial charge in [0.2, 0.25) is 5.95 Å². The van der Waals surface area contributed by atoms with E-state index in [1.54, 1.807) is 6.20 Å². The molecule has 0 spiro atoms. The Balaban J connectivity index is 2.02. The molecule has 3 nitrogen and oxygen atoms in total. The Morgan fingerprint density at radius 3 is 3.13 bits per heavy atom. The predicted molar refractivity (Wildman–Crippen MR) is 62.2 cm³/mol. The first kappa shape index (κ1) is 10.7. The summed E-state index contributed by atoms with van der Waals surface area (Å²) in [7, 11) is 0. The second-order valence-corrected chi connectivity index (χ2v) is 4.43. The minimum atomic E-state index is 0.448. The minimum Gasteiger partial charge on any atom is -0.351 e. The fourth-order valence-corrected chi connectivity index (χ4v) is 2.47. The van der Waals surface area contributed by atoms with Crippen molar-refractivity contribution in [2.45, 2.75) is 32.2 Å². The van der Waals surface area contributed by atoms with E-state index in [1.165, 1.54) is 19.3 Å². The number of halogens is 1. The Morgan fingerprint density at radius 1 is 1.53 bits per heavy atom. The summed E-state index contributed by atoms with van der Waals surface area (Å²) in [4.78, 5) is 8.55. The summed E-state index contributed by atoms with van der Waals surface area (Å²) in [5.41, 5.74) is 0.993. The molecule has 82 valence electrons. The first-order chi connectivity index (χ1) is 7.29. The van der Waals surface area contributed by atoms with Crippen molar-refractivity contribution in [1.29, 1.82) is 0 Å². The van der Waals surface area contributed by atoms with Crippen LogP contribution in [-0.4, -0.2) is 21.9 Å². The molecule has 4 heteroatoms. The van der Waals surface area contributed by atoms with Gasteiger partial charge in [-0.05, 0) is 31.7 Å². The number of anilines is 1. The fourth-order valence-electron chi connectivity index (χ4n) is 2.10. The van der Waals surface area contributed by atoms with E-state index in [4.69, 9.17) is 11.6 Å². The van der Waals surface area contributed by atoms with Crippen LogP contribution in [0.15, 0.2) is 12.3 Å². The molecule has 0 radical (unpaired) electrons. The lowest BCUT2D eigenvalue weighted by molar-refractivity contribution is 0.559. The van der Waals surface area contributed by atoms with Crippen LogP contribution in [0.25, 0.3) is 0 Å². The van der Waals surface area contributed by atoms with Crippen molar-refractivity contribution in [2.24, 2.45) is 5.92 Å². The number of alkyl halides is 1. The van der Waals surface area contributed by atoms with Crippen molar-refractivity contribution in [3.8, 4) is 0 Å². The third kappa shape index (κ3) is 2.59. The Morgan fingerprint density at radius 2 is 2.40 bits per heavy atom. The van der Waals surface area contributed by atoms with Crippen LogP contribution >= 0.6 is 11.6 Å². The van der Waals surface area contributed by atoms with Gasteiger partial charge in [-0.15, -0.1) is 11.6 Å². The molecule has 2 atom stereocenters. The summed E-state index contributed by atoms with van der Waals surface area (Å²) < 4.78 is 0. The molecule has 2 unspecified atom stereocenters. The molecule has 1 N–H and O–H groups in total. The highest BCUT2D eigenvalue weighted by molar-refractivity contribution is 6.18. The van der Waals surface area contributed by atoms with Crippen LogP contribution in [0, 0.1) is 12.8 Å². The number of rotatable bonds is 3. The van der Waals surface area contributed by atoms with E-state index in [1.807, 2.05) is 13.0 Å². The van der Waals surface area contributed by atoms with Gasteiger partial charge >= 0.3 is 0 Å². The summed E-state index contributed by atoms with van der Waals surface area (Å²) in [5, 5.41) is 3.38. The zero-order chi connectivity index (χ0) is 10.7. The lowest BCUT2D eigenvalue weighted by atomic mass is 10.1. The van der Waals surface area contributed by atoms with Crippen LogP contribution in [0.2, 0.25) is 0 Å². The van der Waals surface area contributed by atoms with E-state index < -0.39 is 0 Å². The fraction of sp³-hybridized carbons (Fsp3) is 0.636. The average molecular weight is 226 g/mol. The lowest BCUT2D eigenvalue weighted by Crippen LogP contribution is -2.26. The molecule has 1 heterocycles. The summed E-state index contributed by atoms with van der Waals surface area (Å²) in [5.74, 6) is 2.02. The van der Waals surface area contributed by atoms with E-state index in [9.17, 15) is 0 Å². The van der Waals surface area contributed by atoms with Gasteiger partial charge in [-0.2, -0.15) is 0 Å². The van der Waals surface area contributed by atoms with Crippen LogP contribution in [0.3, 0.4) is 0 Å². The van der Waals surface area contributed by atoms with E-state index in [2.05, 4.69) is 15.3 Å². The number of nitrogens with one attached hydrogen (secondary N) is 1. The third-order valence-electron chi connectivity index (χ3n) is 2.97. The lowest BCUT2D eigenvalue weighted by Gasteiger charge is -2.18. The molecule has 0 amide bonds. The van der Waals surface area contributed by atoms with E-state index in [0.717, 1.165) is 17.5 Å². The molecule has 0 saturated heterocycles. The summed E-state index contributed by atoms with van der Waals surface area (Å²) in [6, 6.07) is 2.35. The largest absolute Gasteiger partial charge is 0.351 e. The molecule has 1 saturated carbocycles. The predicted octanol–water partition coefficient (Wildman–Crippen LogP) is 2.60. The van der Waals surface area contributed by atoms with Crippen molar-refractivity contribution in [1.82, 2.24) is 9.97 Å². The SMILES string of the molecule is Cc1ccnc(NC2CCCC2CCl)n1. The maximum Gasteiger partial charge on any atom is 0.223 e. The Bertz CT molecular complexity index is 329.